The third kappa shape index (κ3) is 5.29. The zero-order valence-corrected chi connectivity index (χ0v) is 10.1. The summed E-state index contributed by atoms with van der Waals surface area (Å²) in [6.45, 7) is 0. The van der Waals surface area contributed by atoms with Crippen molar-refractivity contribution in [1.29, 1.82) is 0 Å². The molecule has 0 aliphatic heterocycles. The molecule has 0 N–H and O–H groups in total. The average molecular weight is 234 g/mol. The van der Waals surface area contributed by atoms with Crippen molar-refractivity contribution in [3.8, 4) is 0 Å². The van der Waals surface area contributed by atoms with E-state index in [4.69, 9.17) is 0 Å². The average Bonchev–Trinajstić information content (AvgIpc) is 2.38. The monoisotopic (exact) mass is 234 g/mol. The van der Waals surface area contributed by atoms with Gasteiger partial charge in [0.25, 0.3) is 0 Å². The Kier molecular flexibility index (Phi) is 6.00. The first-order valence-corrected chi connectivity index (χ1v) is 5.89. The SMILES string of the molecule is COC(=O)C(=O)CCCCCc1ccccc1. The number of carbonyl (C=O) groups is 2. The van der Waals surface area contributed by atoms with E-state index in [1.54, 1.807) is 0 Å². The smallest absolute Gasteiger partial charge is 0.374 e. The lowest BCUT2D eigenvalue weighted by Crippen LogP contribution is -2.14. The van der Waals surface area contributed by atoms with Gasteiger partial charge in [-0.3, -0.25) is 4.79 Å². The second kappa shape index (κ2) is 7.60. The largest absolute Gasteiger partial charge is 0.463 e. The normalized spacial score (nSPS) is 9.94. The fourth-order valence-corrected chi connectivity index (χ4v) is 1.65. The van der Waals surface area contributed by atoms with E-state index in [1.165, 1.54) is 12.7 Å². The van der Waals surface area contributed by atoms with Gasteiger partial charge in [-0.2, -0.15) is 0 Å². The Labute approximate surface area is 102 Å². The molecule has 92 valence electrons. The molecule has 0 heterocycles. The molecule has 1 rings (SSSR count). The van der Waals surface area contributed by atoms with Crippen LogP contribution in [-0.2, 0) is 20.7 Å². The Balaban J connectivity index is 2.09. The number of esters is 1. The number of carbonyl (C=O) groups excluding carboxylic acids is 2. The number of aryl methyl sites for hydroxylation is 1. The molecule has 1 aromatic carbocycles. The van der Waals surface area contributed by atoms with Crippen LogP contribution in [0.5, 0.6) is 0 Å². The van der Waals surface area contributed by atoms with Gasteiger partial charge in [0, 0.05) is 6.42 Å². The van der Waals surface area contributed by atoms with Crippen molar-refractivity contribution >= 4 is 11.8 Å². The molecule has 0 amide bonds. The zero-order chi connectivity index (χ0) is 12.5. The van der Waals surface area contributed by atoms with Gasteiger partial charge in [-0.1, -0.05) is 36.8 Å². The number of rotatable bonds is 7. The van der Waals surface area contributed by atoms with Crippen LogP contribution in [0, 0.1) is 0 Å². The van der Waals surface area contributed by atoms with E-state index in [0.717, 1.165) is 25.7 Å². The molecule has 1 aromatic rings. The first-order chi connectivity index (χ1) is 8.24. The van der Waals surface area contributed by atoms with Crippen LogP contribution in [0.3, 0.4) is 0 Å². The summed E-state index contributed by atoms with van der Waals surface area (Å²) >= 11 is 0. The van der Waals surface area contributed by atoms with Gasteiger partial charge in [0.1, 0.15) is 0 Å². The van der Waals surface area contributed by atoms with Crippen molar-refractivity contribution < 1.29 is 14.3 Å². The van der Waals surface area contributed by atoms with E-state index < -0.39 is 11.8 Å². The number of Topliss-reactive ketones (excluding diaryl/α,β-unsaturated/α-hetero) is 1. The number of hydrogen-bond acceptors (Lipinski definition) is 3. The molecule has 0 saturated heterocycles. The number of methoxy groups -OCH3 is 1. The lowest BCUT2D eigenvalue weighted by molar-refractivity contribution is -0.151. The molecule has 0 unspecified atom stereocenters. The highest BCUT2D eigenvalue weighted by atomic mass is 16.5. The van der Waals surface area contributed by atoms with Crippen LogP contribution < -0.4 is 0 Å². The highest BCUT2D eigenvalue weighted by molar-refractivity contribution is 6.33. The van der Waals surface area contributed by atoms with Gasteiger partial charge in [0.15, 0.2) is 0 Å². The molecule has 0 saturated carbocycles. The third-order valence-corrected chi connectivity index (χ3v) is 2.63. The van der Waals surface area contributed by atoms with Gasteiger partial charge in [-0.25, -0.2) is 4.79 Å². The predicted octanol–water partition coefficient (Wildman–Crippen LogP) is 2.53. The number of hydrogen-bond donors (Lipinski definition) is 0. The number of ketones is 1. The number of ether oxygens (including phenoxy) is 1. The van der Waals surface area contributed by atoms with Crippen molar-refractivity contribution in [1.82, 2.24) is 0 Å². The molecule has 0 radical (unpaired) electrons. The third-order valence-electron chi connectivity index (χ3n) is 2.63. The zero-order valence-electron chi connectivity index (χ0n) is 10.1. The first kappa shape index (κ1) is 13.4. The van der Waals surface area contributed by atoms with Gasteiger partial charge < -0.3 is 4.74 Å². The fourth-order valence-electron chi connectivity index (χ4n) is 1.65. The summed E-state index contributed by atoms with van der Waals surface area (Å²) in [7, 11) is 1.23. The lowest BCUT2D eigenvalue weighted by atomic mass is 10.1. The summed E-state index contributed by atoms with van der Waals surface area (Å²) in [4.78, 5) is 22.0. The molecule has 0 spiro atoms. The maximum Gasteiger partial charge on any atom is 0.374 e. The molecular formula is C14H18O3. The van der Waals surface area contributed by atoms with E-state index in [2.05, 4.69) is 16.9 Å². The van der Waals surface area contributed by atoms with E-state index in [9.17, 15) is 9.59 Å². The summed E-state index contributed by atoms with van der Waals surface area (Å²) in [5, 5.41) is 0. The molecule has 0 fully saturated rings. The molecule has 3 nitrogen and oxygen atoms in total. The molecule has 0 bridgehead atoms. The highest BCUT2D eigenvalue weighted by Crippen LogP contribution is 2.07. The Hall–Kier alpha value is -1.64. The first-order valence-electron chi connectivity index (χ1n) is 5.89. The summed E-state index contributed by atoms with van der Waals surface area (Å²) in [5.74, 6) is -1.15. The maximum absolute atomic E-state index is 11.1. The van der Waals surface area contributed by atoms with Crippen molar-refractivity contribution in [2.24, 2.45) is 0 Å². The number of benzene rings is 1. The second-order valence-corrected chi connectivity index (χ2v) is 3.96. The van der Waals surface area contributed by atoms with E-state index in [-0.39, 0.29) is 0 Å². The van der Waals surface area contributed by atoms with Gasteiger partial charge in [0.05, 0.1) is 7.11 Å². The summed E-state index contributed by atoms with van der Waals surface area (Å²) < 4.78 is 4.35. The van der Waals surface area contributed by atoms with Crippen LogP contribution in [-0.4, -0.2) is 18.9 Å². The van der Waals surface area contributed by atoms with Gasteiger partial charge >= 0.3 is 5.97 Å². The standard InChI is InChI=1S/C14H18O3/c1-17-14(16)13(15)11-7-3-6-10-12-8-4-2-5-9-12/h2,4-5,8-9H,3,6-7,10-11H2,1H3. The Morgan fingerprint density at radius 2 is 1.76 bits per heavy atom. The summed E-state index contributed by atoms with van der Waals surface area (Å²) in [6, 6.07) is 10.2. The van der Waals surface area contributed by atoms with Crippen molar-refractivity contribution in [3.05, 3.63) is 35.9 Å². The van der Waals surface area contributed by atoms with Crippen LogP contribution in [0.2, 0.25) is 0 Å². The Bertz CT molecular complexity index is 357. The molecule has 0 aliphatic carbocycles. The topological polar surface area (TPSA) is 43.4 Å². The van der Waals surface area contributed by atoms with Gasteiger partial charge in [-0.05, 0) is 24.8 Å². The summed E-state index contributed by atoms with van der Waals surface area (Å²) in [6.07, 6.45) is 4.06. The van der Waals surface area contributed by atoms with Crippen LogP contribution in [0.15, 0.2) is 30.3 Å². The lowest BCUT2D eigenvalue weighted by Gasteiger charge is -2.01. The van der Waals surface area contributed by atoms with E-state index in [1.807, 2.05) is 18.2 Å². The van der Waals surface area contributed by atoms with Crippen LogP contribution in [0.1, 0.15) is 31.2 Å². The molecule has 0 atom stereocenters. The molecule has 3 heteroatoms. The molecule has 0 aromatic heterocycles. The van der Waals surface area contributed by atoms with E-state index >= 15 is 0 Å². The fraction of sp³-hybridized carbons (Fsp3) is 0.429. The molecular weight excluding hydrogens is 216 g/mol. The maximum atomic E-state index is 11.1. The van der Waals surface area contributed by atoms with Crippen molar-refractivity contribution in [3.63, 3.8) is 0 Å². The summed E-state index contributed by atoms with van der Waals surface area (Å²) in [5.41, 5.74) is 1.31. The van der Waals surface area contributed by atoms with Gasteiger partial charge in [-0.15, -0.1) is 0 Å². The minimum absolute atomic E-state index is 0.293. The highest BCUT2D eigenvalue weighted by Gasteiger charge is 2.12. The van der Waals surface area contributed by atoms with Gasteiger partial charge in [0.2, 0.25) is 5.78 Å². The predicted molar refractivity (Wildman–Crippen MR) is 65.6 cm³/mol. The van der Waals surface area contributed by atoms with Crippen LogP contribution in [0.4, 0.5) is 0 Å². The quantitative estimate of drug-likeness (QED) is 0.413. The minimum Gasteiger partial charge on any atom is -0.463 e. The Morgan fingerprint density at radius 3 is 2.41 bits per heavy atom. The van der Waals surface area contributed by atoms with Crippen molar-refractivity contribution in [2.45, 2.75) is 32.1 Å². The van der Waals surface area contributed by atoms with Crippen LogP contribution >= 0.6 is 0 Å². The minimum atomic E-state index is -0.729. The second-order valence-electron chi connectivity index (χ2n) is 3.96. The van der Waals surface area contributed by atoms with E-state index in [0.29, 0.717) is 6.42 Å². The number of unbranched alkanes of at least 4 members (excludes halogenated alkanes) is 2. The Morgan fingerprint density at radius 1 is 1.06 bits per heavy atom. The molecule has 17 heavy (non-hydrogen) atoms. The van der Waals surface area contributed by atoms with Crippen LogP contribution in [0.25, 0.3) is 0 Å². The molecule has 0 aliphatic rings. The van der Waals surface area contributed by atoms with Crippen molar-refractivity contribution in [2.75, 3.05) is 7.11 Å².